The van der Waals surface area contributed by atoms with E-state index in [0.717, 1.165) is 23.3 Å². The number of hydrogen-bond acceptors (Lipinski definition) is 3. The quantitative estimate of drug-likeness (QED) is 0.820. The zero-order valence-corrected chi connectivity index (χ0v) is 11.2. The van der Waals surface area contributed by atoms with Gasteiger partial charge in [-0.1, -0.05) is 13.8 Å². The summed E-state index contributed by atoms with van der Waals surface area (Å²) in [6.45, 7) is 6.81. The minimum Gasteiger partial charge on any atom is -0.492 e. The van der Waals surface area contributed by atoms with Gasteiger partial charge in [0, 0.05) is 12.6 Å². The van der Waals surface area contributed by atoms with Crippen LogP contribution in [0.15, 0.2) is 24.5 Å². The van der Waals surface area contributed by atoms with Crippen LogP contribution >= 0.6 is 0 Å². The van der Waals surface area contributed by atoms with E-state index in [1.165, 1.54) is 0 Å². The number of allylic oxidation sites excluding steroid dienone is 2. The van der Waals surface area contributed by atoms with E-state index in [1.807, 2.05) is 13.0 Å². The highest BCUT2D eigenvalue weighted by Crippen LogP contribution is 2.38. The van der Waals surface area contributed by atoms with Crippen LogP contribution in [0.4, 0.5) is 0 Å². The van der Waals surface area contributed by atoms with Crippen LogP contribution in [0.2, 0.25) is 0 Å². The van der Waals surface area contributed by atoms with Gasteiger partial charge >= 0.3 is 0 Å². The summed E-state index contributed by atoms with van der Waals surface area (Å²) < 4.78 is 5.44. The van der Waals surface area contributed by atoms with Crippen LogP contribution in [-0.2, 0) is 4.79 Å². The minimum atomic E-state index is 0.0305. The summed E-state index contributed by atoms with van der Waals surface area (Å²) in [6.07, 6.45) is 6.76. The first-order valence-corrected chi connectivity index (χ1v) is 6.32. The molecule has 0 N–H and O–H groups in total. The third kappa shape index (κ3) is 2.97. The SMILES string of the molecule is CCOc1cncc(C2=CC(=O)CC(C)(C)C2)c1. The van der Waals surface area contributed by atoms with Gasteiger partial charge in [-0.25, -0.2) is 0 Å². The first kappa shape index (κ1) is 12.8. The molecular formula is C15H19NO2. The van der Waals surface area contributed by atoms with Crippen molar-refractivity contribution in [1.29, 1.82) is 0 Å². The number of pyridine rings is 1. The van der Waals surface area contributed by atoms with E-state index in [4.69, 9.17) is 4.74 Å². The van der Waals surface area contributed by atoms with Gasteiger partial charge in [0.2, 0.25) is 0 Å². The Kier molecular flexibility index (Phi) is 3.50. The molecule has 1 aromatic rings. The molecule has 18 heavy (non-hydrogen) atoms. The molecule has 1 aliphatic rings. The Morgan fingerprint density at radius 2 is 2.11 bits per heavy atom. The molecule has 0 aromatic carbocycles. The Balaban J connectivity index is 2.31. The van der Waals surface area contributed by atoms with Gasteiger partial charge in [0.15, 0.2) is 5.78 Å². The van der Waals surface area contributed by atoms with Gasteiger partial charge in [-0.2, -0.15) is 0 Å². The minimum absolute atomic E-state index is 0.0305. The van der Waals surface area contributed by atoms with Gasteiger partial charge in [-0.3, -0.25) is 9.78 Å². The molecule has 1 heterocycles. The molecule has 0 radical (unpaired) electrons. The highest BCUT2D eigenvalue weighted by Gasteiger charge is 2.28. The number of ketones is 1. The zero-order chi connectivity index (χ0) is 13.2. The lowest BCUT2D eigenvalue weighted by atomic mass is 9.75. The molecule has 0 aliphatic heterocycles. The topological polar surface area (TPSA) is 39.2 Å². The summed E-state index contributed by atoms with van der Waals surface area (Å²) in [5.41, 5.74) is 2.08. The van der Waals surface area contributed by atoms with Crippen molar-refractivity contribution in [2.24, 2.45) is 5.41 Å². The lowest BCUT2D eigenvalue weighted by Crippen LogP contribution is -2.21. The third-order valence-electron chi connectivity index (χ3n) is 3.05. The predicted octanol–water partition coefficient (Wildman–Crippen LogP) is 3.25. The van der Waals surface area contributed by atoms with Crippen LogP contribution in [0, 0.1) is 5.41 Å². The van der Waals surface area contributed by atoms with Gasteiger partial charge in [-0.05, 0) is 42.0 Å². The fourth-order valence-electron chi connectivity index (χ4n) is 2.37. The second kappa shape index (κ2) is 4.92. The number of aromatic nitrogens is 1. The first-order valence-electron chi connectivity index (χ1n) is 6.32. The van der Waals surface area contributed by atoms with Crippen molar-refractivity contribution in [3.63, 3.8) is 0 Å². The van der Waals surface area contributed by atoms with Crippen molar-refractivity contribution in [2.45, 2.75) is 33.6 Å². The fourth-order valence-corrected chi connectivity index (χ4v) is 2.37. The van der Waals surface area contributed by atoms with Crippen molar-refractivity contribution in [2.75, 3.05) is 6.61 Å². The van der Waals surface area contributed by atoms with E-state index in [9.17, 15) is 4.79 Å². The molecule has 1 aromatic heterocycles. The van der Waals surface area contributed by atoms with E-state index in [0.29, 0.717) is 13.0 Å². The number of hydrogen-bond donors (Lipinski definition) is 0. The van der Waals surface area contributed by atoms with Crippen molar-refractivity contribution in [1.82, 2.24) is 4.98 Å². The second-order valence-electron chi connectivity index (χ2n) is 5.50. The van der Waals surface area contributed by atoms with E-state index in [1.54, 1.807) is 18.5 Å². The van der Waals surface area contributed by atoms with Gasteiger partial charge in [0.25, 0.3) is 0 Å². The Morgan fingerprint density at radius 1 is 1.33 bits per heavy atom. The standard InChI is InChI=1S/C15H19NO2/c1-4-18-14-6-12(9-16-10-14)11-5-13(17)8-15(2,3)7-11/h5-6,9-10H,4,7-8H2,1-3H3. The van der Waals surface area contributed by atoms with Crippen molar-refractivity contribution in [3.8, 4) is 5.75 Å². The lowest BCUT2D eigenvalue weighted by molar-refractivity contribution is -0.116. The van der Waals surface area contributed by atoms with Crippen molar-refractivity contribution in [3.05, 3.63) is 30.1 Å². The van der Waals surface area contributed by atoms with E-state index in [2.05, 4.69) is 18.8 Å². The smallest absolute Gasteiger partial charge is 0.156 e. The Hall–Kier alpha value is -1.64. The first-order chi connectivity index (χ1) is 8.50. The summed E-state index contributed by atoms with van der Waals surface area (Å²) >= 11 is 0. The predicted molar refractivity (Wildman–Crippen MR) is 71.4 cm³/mol. The number of carbonyl (C=O) groups excluding carboxylic acids is 1. The maximum absolute atomic E-state index is 11.7. The molecule has 96 valence electrons. The van der Waals surface area contributed by atoms with Crippen LogP contribution in [0.3, 0.4) is 0 Å². The summed E-state index contributed by atoms with van der Waals surface area (Å²) in [4.78, 5) is 15.9. The summed E-state index contributed by atoms with van der Waals surface area (Å²) in [7, 11) is 0. The molecule has 0 bridgehead atoms. The molecule has 3 nitrogen and oxygen atoms in total. The normalized spacial score (nSPS) is 18.4. The van der Waals surface area contributed by atoms with Crippen LogP contribution in [0.1, 0.15) is 39.2 Å². The Morgan fingerprint density at radius 3 is 2.78 bits per heavy atom. The summed E-state index contributed by atoms with van der Waals surface area (Å²) in [5.74, 6) is 0.954. The average Bonchev–Trinajstić information content (AvgIpc) is 2.27. The van der Waals surface area contributed by atoms with Crippen LogP contribution in [-0.4, -0.2) is 17.4 Å². The van der Waals surface area contributed by atoms with Crippen LogP contribution in [0.25, 0.3) is 5.57 Å². The molecular weight excluding hydrogens is 226 g/mol. The highest BCUT2D eigenvalue weighted by molar-refractivity contribution is 5.99. The maximum Gasteiger partial charge on any atom is 0.156 e. The van der Waals surface area contributed by atoms with Crippen LogP contribution < -0.4 is 4.74 Å². The number of nitrogens with zero attached hydrogens (tertiary/aromatic N) is 1. The molecule has 0 fully saturated rings. The van der Waals surface area contributed by atoms with Gasteiger partial charge in [-0.15, -0.1) is 0 Å². The largest absolute Gasteiger partial charge is 0.492 e. The molecule has 0 amide bonds. The van der Waals surface area contributed by atoms with Gasteiger partial charge in [0.05, 0.1) is 12.8 Å². The van der Waals surface area contributed by atoms with Crippen molar-refractivity contribution >= 4 is 11.4 Å². The van der Waals surface area contributed by atoms with Gasteiger partial charge in [0.1, 0.15) is 5.75 Å². The van der Waals surface area contributed by atoms with Gasteiger partial charge < -0.3 is 4.74 Å². The zero-order valence-electron chi connectivity index (χ0n) is 11.2. The third-order valence-corrected chi connectivity index (χ3v) is 3.05. The summed E-state index contributed by atoms with van der Waals surface area (Å²) in [5, 5.41) is 0. The summed E-state index contributed by atoms with van der Waals surface area (Å²) in [6, 6.07) is 1.96. The molecule has 1 aliphatic carbocycles. The number of ether oxygens (including phenoxy) is 1. The monoisotopic (exact) mass is 245 g/mol. The van der Waals surface area contributed by atoms with Crippen molar-refractivity contribution < 1.29 is 9.53 Å². The lowest BCUT2D eigenvalue weighted by Gasteiger charge is -2.28. The molecule has 0 unspecified atom stereocenters. The van der Waals surface area contributed by atoms with Crippen LogP contribution in [0.5, 0.6) is 5.75 Å². The highest BCUT2D eigenvalue weighted by atomic mass is 16.5. The molecule has 3 heteroatoms. The van der Waals surface area contributed by atoms with E-state index in [-0.39, 0.29) is 11.2 Å². The second-order valence-corrected chi connectivity index (χ2v) is 5.50. The molecule has 0 spiro atoms. The molecule has 0 atom stereocenters. The maximum atomic E-state index is 11.7. The molecule has 2 rings (SSSR count). The fraction of sp³-hybridized carbons (Fsp3) is 0.467. The Bertz CT molecular complexity index is 489. The van der Waals surface area contributed by atoms with E-state index >= 15 is 0 Å². The number of rotatable bonds is 3. The number of carbonyl (C=O) groups is 1. The average molecular weight is 245 g/mol. The molecule has 0 saturated heterocycles. The Labute approximate surface area is 108 Å². The van der Waals surface area contributed by atoms with E-state index < -0.39 is 0 Å². The molecule has 0 saturated carbocycles.